The maximum atomic E-state index is 13.2. The topological polar surface area (TPSA) is 52.3 Å². The van der Waals surface area contributed by atoms with Crippen LogP contribution in [0.5, 0.6) is 5.75 Å². The molecular weight excluding hydrogens is 289 g/mol. The number of ether oxygens (including phenoxy) is 1. The Bertz CT molecular complexity index is 633. The van der Waals surface area contributed by atoms with Gasteiger partial charge in [0.15, 0.2) is 0 Å². The lowest BCUT2D eigenvalue weighted by molar-refractivity contribution is 0.335. The number of hydrogen-bond donors (Lipinski definition) is 1. The van der Waals surface area contributed by atoms with Crippen LogP contribution in [0.3, 0.4) is 0 Å². The number of para-hydroxylation sites is 1. The van der Waals surface area contributed by atoms with E-state index in [9.17, 15) is 8.60 Å². The fourth-order valence-corrected chi connectivity index (χ4v) is 3.20. The van der Waals surface area contributed by atoms with Crippen LogP contribution in [0.4, 0.5) is 4.39 Å². The molecule has 2 N–H and O–H groups in total. The quantitative estimate of drug-likeness (QED) is 0.892. The fourth-order valence-electron chi connectivity index (χ4n) is 2.03. The van der Waals surface area contributed by atoms with Crippen molar-refractivity contribution in [3.63, 3.8) is 0 Å². The largest absolute Gasteiger partial charge is 0.494 e. The van der Waals surface area contributed by atoms with Crippen LogP contribution < -0.4 is 10.5 Å². The Morgan fingerprint density at radius 1 is 1.24 bits per heavy atom. The van der Waals surface area contributed by atoms with Crippen LogP contribution in [-0.2, 0) is 10.8 Å². The lowest BCUT2D eigenvalue weighted by Crippen LogP contribution is -2.19. The van der Waals surface area contributed by atoms with Gasteiger partial charge in [-0.15, -0.1) is 0 Å². The third-order valence-corrected chi connectivity index (χ3v) is 4.45. The van der Waals surface area contributed by atoms with Crippen molar-refractivity contribution in [1.29, 1.82) is 0 Å². The molecule has 3 nitrogen and oxygen atoms in total. The average Bonchev–Trinajstić information content (AvgIpc) is 2.48. The zero-order valence-corrected chi connectivity index (χ0v) is 12.6. The van der Waals surface area contributed by atoms with Gasteiger partial charge in [0.05, 0.1) is 17.4 Å². The molecule has 21 heavy (non-hydrogen) atoms. The first kappa shape index (κ1) is 15.7. The minimum atomic E-state index is -1.36. The van der Waals surface area contributed by atoms with Crippen LogP contribution >= 0.6 is 0 Å². The van der Waals surface area contributed by atoms with Gasteiger partial charge in [0.2, 0.25) is 0 Å². The minimum Gasteiger partial charge on any atom is -0.494 e. The molecular formula is C16H18FNO2S. The molecule has 0 aromatic heterocycles. The summed E-state index contributed by atoms with van der Waals surface area (Å²) in [5.41, 5.74) is 6.94. The van der Waals surface area contributed by atoms with E-state index in [0.29, 0.717) is 17.3 Å². The Kier molecular flexibility index (Phi) is 5.47. The van der Waals surface area contributed by atoms with Gasteiger partial charge < -0.3 is 10.5 Å². The van der Waals surface area contributed by atoms with Crippen molar-refractivity contribution >= 4 is 10.8 Å². The zero-order chi connectivity index (χ0) is 15.2. The van der Waals surface area contributed by atoms with Gasteiger partial charge in [-0.3, -0.25) is 4.21 Å². The van der Waals surface area contributed by atoms with Crippen LogP contribution in [-0.4, -0.2) is 16.6 Å². The zero-order valence-electron chi connectivity index (χ0n) is 11.8. The summed E-state index contributed by atoms with van der Waals surface area (Å²) in [5.74, 6) is 0.515. The molecule has 112 valence electrons. The molecule has 0 bridgehead atoms. The Morgan fingerprint density at radius 3 is 2.71 bits per heavy atom. The van der Waals surface area contributed by atoms with Crippen LogP contribution in [0, 0.1) is 5.82 Å². The second kappa shape index (κ2) is 7.33. The lowest BCUT2D eigenvalue weighted by atomic mass is 10.1. The third kappa shape index (κ3) is 4.12. The highest BCUT2D eigenvalue weighted by molar-refractivity contribution is 7.85. The number of halogens is 1. The molecule has 2 aromatic carbocycles. The maximum Gasteiger partial charge on any atom is 0.124 e. The molecule has 0 heterocycles. The Labute approximate surface area is 126 Å². The van der Waals surface area contributed by atoms with Crippen LogP contribution in [0.2, 0.25) is 0 Å². The summed E-state index contributed by atoms with van der Waals surface area (Å²) in [7, 11) is -1.36. The highest BCUT2D eigenvalue weighted by Crippen LogP contribution is 2.25. The smallest absolute Gasteiger partial charge is 0.124 e. The highest BCUT2D eigenvalue weighted by atomic mass is 32.2. The molecule has 0 saturated carbocycles. The normalized spacial score (nSPS) is 13.7. The van der Waals surface area contributed by atoms with E-state index in [1.165, 1.54) is 12.1 Å². The lowest BCUT2D eigenvalue weighted by Gasteiger charge is -2.16. The first-order valence-electron chi connectivity index (χ1n) is 6.73. The first-order valence-corrected chi connectivity index (χ1v) is 8.05. The molecule has 0 aliphatic rings. The number of benzene rings is 2. The van der Waals surface area contributed by atoms with E-state index in [4.69, 9.17) is 10.5 Å². The van der Waals surface area contributed by atoms with Crippen LogP contribution in [0.25, 0.3) is 0 Å². The molecule has 5 heteroatoms. The summed E-state index contributed by atoms with van der Waals surface area (Å²) >= 11 is 0. The predicted octanol–water partition coefficient (Wildman–Crippen LogP) is 3.03. The Hall–Kier alpha value is -1.72. The van der Waals surface area contributed by atoms with E-state index in [0.717, 1.165) is 5.56 Å². The van der Waals surface area contributed by atoms with Crippen molar-refractivity contribution in [2.45, 2.75) is 17.9 Å². The van der Waals surface area contributed by atoms with Crippen molar-refractivity contribution in [1.82, 2.24) is 0 Å². The third-order valence-electron chi connectivity index (χ3n) is 3.01. The van der Waals surface area contributed by atoms with Crippen molar-refractivity contribution in [3.8, 4) is 5.75 Å². The second-order valence-corrected chi connectivity index (χ2v) is 6.04. The van der Waals surface area contributed by atoms with E-state index in [-0.39, 0.29) is 5.75 Å². The Morgan fingerprint density at radius 2 is 2.00 bits per heavy atom. The summed E-state index contributed by atoms with van der Waals surface area (Å²) < 4.78 is 31.0. The van der Waals surface area contributed by atoms with Gasteiger partial charge in [0.25, 0.3) is 0 Å². The van der Waals surface area contributed by atoms with Gasteiger partial charge in [0.1, 0.15) is 11.6 Å². The van der Waals surface area contributed by atoms with E-state index >= 15 is 0 Å². The van der Waals surface area contributed by atoms with E-state index < -0.39 is 22.7 Å². The van der Waals surface area contributed by atoms with Gasteiger partial charge in [-0.05, 0) is 31.2 Å². The number of nitrogens with two attached hydrogens (primary N) is 1. The van der Waals surface area contributed by atoms with Gasteiger partial charge in [-0.25, -0.2) is 4.39 Å². The van der Waals surface area contributed by atoms with Crippen molar-refractivity contribution in [2.24, 2.45) is 5.73 Å². The SMILES string of the molecule is CCOc1ccccc1C(N)CS(=O)c1cccc(F)c1. The maximum absolute atomic E-state index is 13.2. The molecule has 0 saturated heterocycles. The van der Waals surface area contributed by atoms with E-state index in [1.54, 1.807) is 12.1 Å². The molecule has 0 amide bonds. The molecule has 0 radical (unpaired) electrons. The van der Waals surface area contributed by atoms with Crippen molar-refractivity contribution in [3.05, 3.63) is 59.9 Å². The molecule has 2 atom stereocenters. The summed E-state index contributed by atoms with van der Waals surface area (Å²) in [4.78, 5) is 0.444. The van der Waals surface area contributed by atoms with Crippen molar-refractivity contribution in [2.75, 3.05) is 12.4 Å². The standard InChI is InChI=1S/C16H18FNO2S/c1-2-20-16-9-4-3-8-14(16)15(18)11-21(19)13-7-5-6-12(17)10-13/h3-10,15H,2,11,18H2,1H3. The van der Waals surface area contributed by atoms with Gasteiger partial charge >= 0.3 is 0 Å². The summed E-state index contributed by atoms with van der Waals surface area (Å²) in [6.07, 6.45) is 0. The molecule has 2 aromatic rings. The minimum absolute atomic E-state index is 0.216. The van der Waals surface area contributed by atoms with Gasteiger partial charge in [-0.1, -0.05) is 24.3 Å². The fraction of sp³-hybridized carbons (Fsp3) is 0.250. The molecule has 2 unspecified atom stereocenters. The Balaban J connectivity index is 2.14. The van der Waals surface area contributed by atoms with Gasteiger partial charge in [0, 0.05) is 22.3 Å². The monoisotopic (exact) mass is 307 g/mol. The van der Waals surface area contributed by atoms with E-state index in [1.807, 2.05) is 31.2 Å². The second-order valence-electron chi connectivity index (χ2n) is 4.55. The number of rotatable bonds is 6. The first-order chi connectivity index (χ1) is 10.1. The summed E-state index contributed by atoms with van der Waals surface area (Å²) in [6.45, 7) is 2.43. The summed E-state index contributed by atoms with van der Waals surface area (Å²) in [5, 5.41) is 0. The molecule has 2 rings (SSSR count). The highest BCUT2D eigenvalue weighted by Gasteiger charge is 2.16. The number of hydrogen-bond acceptors (Lipinski definition) is 3. The summed E-state index contributed by atoms with van der Waals surface area (Å²) in [6, 6.07) is 12.8. The van der Waals surface area contributed by atoms with Gasteiger partial charge in [-0.2, -0.15) is 0 Å². The van der Waals surface area contributed by atoms with E-state index in [2.05, 4.69) is 0 Å². The molecule has 0 aliphatic carbocycles. The molecule has 0 spiro atoms. The van der Waals surface area contributed by atoms with Crippen molar-refractivity contribution < 1.29 is 13.3 Å². The average molecular weight is 307 g/mol. The molecule has 0 fully saturated rings. The predicted molar refractivity (Wildman–Crippen MR) is 82.2 cm³/mol. The van der Waals surface area contributed by atoms with Crippen LogP contribution in [0.15, 0.2) is 53.4 Å². The molecule has 0 aliphatic heterocycles. The van der Waals surface area contributed by atoms with Crippen LogP contribution in [0.1, 0.15) is 18.5 Å².